The minimum atomic E-state index is 0.0524. The van der Waals surface area contributed by atoms with Crippen molar-refractivity contribution in [1.29, 1.82) is 0 Å². The lowest BCUT2D eigenvalue weighted by molar-refractivity contribution is -0.934. The van der Waals surface area contributed by atoms with Crippen LogP contribution in [0, 0.1) is 0 Å². The van der Waals surface area contributed by atoms with E-state index in [-0.39, 0.29) is 11.9 Å². The van der Waals surface area contributed by atoms with Gasteiger partial charge in [-0.25, -0.2) is 0 Å². The number of nitrogens with one attached hydrogen (secondary N) is 2. The van der Waals surface area contributed by atoms with E-state index < -0.39 is 0 Å². The Morgan fingerprint density at radius 1 is 1.26 bits per heavy atom. The molecule has 27 heavy (non-hydrogen) atoms. The Balaban J connectivity index is 1.22. The van der Waals surface area contributed by atoms with Crippen LogP contribution in [0.15, 0.2) is 0 Å². The van der Waals surface area contributed by atoms with Gasteiger partial charge in [-0.3, -0.25) is 14.5 Å². The van der Waals surface area contributed by atoms with Gasteiger partial charge in [-0.05, 0) is 12.8 Å². The van der Waals surface area contributed by atoms with Crippen LogP contribution < -0.4 is 21.3 Å². The van der Waals surface area contributed by atoms with Gasteiger partial charge in [-0.1, -0.05) is 0 Å². The second-order valence-electron chi connectivity index (χ2n) is 8.92. The molecule has 4 aliphatic rings. The summed E-state index contributed by atoms with van der Waals surface area (Å²) in [7, 11) is 0. The van der Waals surface area contributed by atoms with Crippen LogP contribution in [0.1, 0.15) is 38.5 Å². The van der Waals surface area contributed by atoms with Crippen molar-refractivity contribution in [2.75, 3.05) is 45.8 Å². The molecular formula is C19H37N6O2+3. The SMILES string of the molecule is [NH3+][C@H]1C[C@@H]2C(=O)NC[C@H](CCC(=O)N3CCN(C4CCCC[NH2+]4)CC3)[NH+]2C1. The molecule has 0 aromatic heterocycles. The monoisotopic (exact) mass is 381 g/mol. The summed E-state index contributed by atoms with van der Waals surface area (Å²) in [6, 6.07) is 0.773. The lowest BCUT2D eigenvalue weighted by Crippen LogP contribution is -3.21. The van der Waals surface area contributed by atoms with E-state index in [4.69, 9.17) is 0 Å². The number of hydrogen-bond acceptors (Lipinski definition) is 3. The summed E-state index contributed by atoms with van der Waals surface area (Å²) in [5.41, 5.74) is 4.16. The molecule has 4 heterocycles. The lowest BCUT2D eigenvalue weighted by Gasteiger charge is -2.39. The van der Waals surface area contributed by atoms with Crippen molar-refractivity contribution < 1.29 is 25.5 Å². The number of nitrogens with two attached hydrogens (primary N) is 1. The fourth-order valence-corrected chi connectivity index (χ4v) is 5.55. The fraction of sp³-hybridized carbons (Fsp3) is 0.895. The Bertz CT molecular complexity index is 544. The summed E-state index contributed by atoms with van der Waals surface area (Å²) in [6.07, 6.45) is 6.95. The third kappa shape index (κ3) is 4.29. The van der Waals surface area contributed by atoms with Crippen molar-refractivity contribution in [3.05, 3.63) is 0 Å². The molecule has 0 saturated carbocycles. The van der Waals surface area contributed by atoms with Crippen LogP contribution >= 0.6 is 0 Å². The number of quaternary nitrogens is 3. The Morgan fingerprint density at radius 3 is 2.81 bits per heavy atom. The molecule has 0 aromatic rings. The molecule has 8 heteroatoms. The summed E-state index contributed by atoms with van der Waals surface area (Å²) in [5.74, 6) is 0.467. The van der Waals surface area contributed by atoms with Crippen molar-refractivity contribution in [2.45, 2.75) is 62.8 Å². The Morgan fingerprint density at radius 2 is 2.07 bits per heavy atom. The fourth-order valence-electron chi connectivity index (χ4n) is 5.55. The molecule has 5 atom stereocenters. The van der Waals surface area contributed by atoms with E-state index >= 15 is 0 Å². The van der Waals surface area contributed by atoms with Gasteiger partial charge in [0.15, 0.2) is 6.04 Å². The Kier molecular flexibility index (Phi) is 5.96. The number of carbonyl (C=O) groups is 2. The third-order valence-electron chi connectivity index (χ3n) is 7.14. The predicted molar refractivity (Wildman–Crippen MR) is 99.5 cm³/mol. The van der Waals surface area contributed by atoms with Gasteiger partial charge < -0.3 is 26.2 Å². The van der Waals surface area contributed by atoms with Crippen LogP contribution in [0.2, 0.25) is 0 Å². The van der Waals surface area contributed by atoms with Crippen LogP contribution in [-0.4, -0.2) is 91.7 Å². The summed E-state index contributed by atoms with van der Waals surface area (Å²) < 4.78 is 0. The predicted octanol–water partition coefficient (Wildman–Crippen LogP) is -4.25. The van der Waals surface area contributed by atoms with Gasteiger partial charge in [0.2, 0.25) is 5.91 Å². The molecule has 8 nitrogen and oxygen atoms in total. The standard InChI is InChI=1S/C19H34N6O2/c20-14-11-16-19(27)22-12-15(25(16)13-14)4-5-18(26)24-9-7-23(8-10-24)17-3-1-2-6-21-17/h14-17,21H,1-13,20H2,(H,22,27)/p+3/t14-,15-,16+,17?/m0/s1. The van der Waals surface area contributed by atoms with E-state index in [2.05, 4.69) is 26.2 Å². The molecule has 4 rings (SSSR count). The van der Waals surface area contributed by atoms with Gasteiger partial charge in [-0.2, -0.15) is 0 Å². The van der Waals surface area contributed by atoms with Crippen molar-refractivity contribution in [2.24, 2.45) is 0 Å². The molecule has 0 spiro atoms. The minimum absolute atomic E-state index is 0.0524. The highest BCUT2D eigenvalue weighted by Gasteiger charge is 2.47. The topological polar surface area (TPSA) is 101 Å². The van der Waals surface area contributed by atoms with E-state index in [0.29, 0.717) is 37.1 Å². The average molecular weight is 382 g/mol. The van der Waals surface area contributed by atoms with Crippen molar-refractivity contribution in [3.63, 3.8) is 0 Å². The van der Waals surface area contributed by atoms with Crippen LogP contribution in [-0.2, 0) is 9.59 Å². The first-order valence-electron chi connectivity index (χ1n) is 10.9. The first-order chi connectivity index (χ1) is 13.1. The van der Waals surface area contributed by atoms with E-state index in [1.807, 2.05) is 0 Å². The average Bonchev–Trinajstić information content (AvgIpc) is 3.11. The first kappa shape index (κ1) is 19.1. The molecule has 0 aromatic carbocycles. The van der Waals surface area contributed by atoms with Gasteiger partial charge in [0.05, 0.1) is 19.5 Å². The maximum absolute atomic E-state index is 12.7. The molecule has 4 saturated heterocycles. The number of hydrogen-bond donors (Lipinski definition) is 4. The van der Waals surface area contributed by atoms with Crippen LogP contribution in [0.5, 0.6) is 0 Å². The summed E-state index contributed by atoms with van der Waals surface area (Å²) in [5, 5.41) is 5.52. The molecular weight excluding hydrogens is 344 g/mol. The maximum atomic E-state index is 12.7. The number of rotatable bonds is 4. The van der Waals surface area contributed by atoms with Crippen LogP contribution in [0.3, 0.4) is 0 Å². The number of amides is 2. The van der Waals surface area contributed by atoms with E-state index in [1.54, 1.807) is 0 Å². The van der Waals surface area contributed by atoms with Gasteiger partial charge in [-0.15, -0.1) is 0 Å². The Hall–Kier alpha value is -1.22. The van der Waals surface area contributed by atoms with E-state index in [0.717, 1.165) is 45.6 Å². The van der Waals surface area contributed by atoms with Gasteiger partial charge in [0.25, 0.3) is 5.91 Å². The minimum Gasteiger partial charge on any atom is -0.350 e. The number of piperazine rings is 2. The van der Waals surface area contributed by atoms with Gasteiger partial charge in [0.1, 0.15) is 24.8 Å². The number of nitrogens with zero attached hydrogens (tertiary/aromatic N) is 2. The molecule has 0 aliphatic carbocycles. The smallest absolute Gasteiger partial charge is 0.278 e. The van der Waals surface area contributed by atoms with Crippen molar-refractivity contribution >= 4 is 11.8 Å². The van der Waals surface area contributed by atoms with Crippen molar-refractivity contribution in [1.82, 2.24) is 15.1 Å². The van der Waals surface area contributed by atoms with Crippen molar-refractivity contribution in [3.8, 4) is 0 Å². The first-order valence-corrected chi connectivity index (χ1v) is 10.9. The highest BCUT2D eigenvalue weighted by Crippen LogP contribution is 2.12. The highest BCUT2D eigenvalue weighted by molar-refractivity contribution is 5.81. The molecule has 0 bridgehead atoms. The lowest BCUT2D eigenvalue weighted by atomic mass is 10.0. The Labute approximate surface area is 161 Å². The molecule has 2 unspecified atom stereocenters. The normalized spacial score (nSPS) is 37.7. The zero-order chi connectivity index (χ0) is 18.8. The van der Waals surface area contributed by atoms with E-state index in [9.17, 15) is 9.59 Å². The number of fused-ring (bicyclic) bond motifs is 1. The molecule has 152 valence electrons. The molecule has 0 radical (unpaired) electrons. The second kappa shape index (κ2) is 8.43. The van der Waals surface area contributed by atoms with Crippen LogP contribution in [0.4, 0.5) is 0 Å². The summed E-state index contributed by atoms with van der Waals surface area (Å²) in [6.45, 7) is 6.67. The zero-order valence-corrected chi connectivity index (χ0v) is 16.5. The largest absolute Gasteiger partial charge is 0.350 e. The van der Waals surface area contributed by atoms with Gasteiger partial charge in [0, 0.05) is 45.4 Å². The van der Waals surface area contributed by atoms with Gasteiger partial charge >= 0.3 is 0 Å². The molecule has 7 N–H and O–H groups in total. The third-order valence-corrected chi connectivity index (χ3v) is 7.14. The number of carbonyl (C=O) groups excluding carboxylic acids is 2. The molecule has 2 amide bonds. The zero-order valence-electron chi connectivity index (χ0n) is 16.5. The van der Waals surface area contributed by atoms with E-state index in [1.165, 1.54) is 30.7 Å². The molecule has 4 fully saturated rings. The highest BCUT2D eigenvalue weighted by atomic mass is 16.2. The number of piperidine rings is 1. The summed E-state index contributed by atoms with van der Waals surface area (Å²) in [4.78, 5) is 30.8. The second-order valence-corrected chi connectivity index (χ2v) is 8.92. The summed E-state index contributed by atoms with van der Waals surface area (Å²) >= 11 is 0. The molecule has 4 aliphatic heterocycles. The maximum Gasteiger partial charge on any atom is 0.278 e. The quantitative estimate of drug-likeness (QED) is 0.397. The van der Waals surface area contributed by atoms with Crippen LogP contribution in [0.25, 0.3) is 0 Å².